The summed E-state index contributed by atoms with van der Waals surface area (Å²) in [4.78, 5) is 2.48. The van der Waals surface area contributed by atoms with Gasteiger partial charge in [-0.1, -0.05) is 0 Å². The smallest absolute Gasteiger partial charge is 0.0367 e. The summed E-state index contributed by atoms with van der Waals surface area (Å²) in [7, 11) is 0. The van der Waals surface area contributed by atoms with Crippen LogP contribution in [0.3, 0.4) is 0 Å². The molecule has 1 fully saturated rings. The molecule has 96 valence electrons. The van der Waals surface area contributed by atoms with Crippen LogP contribution in [0, 0.1) is 11.8 Å². The molecule has 0 bridgehead atoms. The number of nitrogens with zero attached hydrogens (tertiary/aromatic N) is 1. The van der Waals surface area contributed by atoms with E-state index in [1.54, 1.807) is 0 Å². The van der Waals surface area contributed by atoms with Gasteiger partial charge in [0, 0.05) is 37.4 Å². The van der Waals surface area contributed by atoms with E-state index in [1.807, 2.05) is 6.92 Å². The molecule has 0 unspecified atom stereocenters. The summed E-state index contributed by atoms with van der Waals surface area (Å²) in [5.41, 5.74) is 2.54. The SMILES string of the molecule is CC#CCCNc1ccc(N2CCCCC2)cc1. The van der Waals surface area contributed by atoms with Crippen molar-refractivity contribution in [3.05, 3.63) is 24.3 Å². The molecule has 2 heteroatoms. The monoisotopic (exact) mass is 242 g/mol. The molecule has 1 aromatic rings. The van der Waals surface area contributed by atoms with Crippen LogP contribution >= 0.6 is 0 Å². The van der Waals surface area contributed by atoms with Gasteiger partial charge in [-0.15, -0.1) is 11.8 Å². The van der Waals surface area contributed by atoms with Crippen molar-refractivity contribution in [2.75, 3.05) is 29.9 Å². The summed E-state index contributed by atoms with van der Waals surface area (Å²) in [5, 5.41) is 3.39. The maximum absolute atomic E-state index is 3.39. The molecule has 0 aliphatic carbocycles. The van der Waals surface area contributed by atoms with Crippen molar-refractivity contribution in [2.24, 2.45) is 0 Å². The van der Waals surface area contributed by atoms with Gasteiger partial charge in [0.1, 0.15) is 0 Å². The molecule has 0 radical (unpaired) electrons. The van der Waals surface area contributed by atoms with Gasteiger partial charge in [0.2, 0.25) is 0 Å². The van der Waals surface area contributed by atoms with E-state index in [0.717, 1.165) is 13.0 Å². The van der Waals surface area contributed by atoms with Crippen molar-refractivity contribution < 1.29 is 0 Å². The second kappa shape index (κ2) is 6.96. The molecular formula is C16H22N2. The van der Waals surface area contributed by atoms with Crippen LogP contribution < -0.4 is 10.2 Å². The first-order valence-electron chi connectivity index (χ1n) is 6.88. The van der Waals surface area contributed by atoms with E-state index in [0.29, 0.717) is 0 Å². The number of anilines is 2. The van der Waals surface area contributed by atoms with Crippen molar-refractivity contribution in [1.29, 1.82) is 0 Å². The largest absolute Gasteiger partial charge is 0.384 e. The molecule has 0 spiro atoms. The van der Waals surface area contributed by atoms with Crippen molar-refractivity contribution in [3.63, 3.8) is 0 Å². The first kappa shape index (κ1) is 12.8. The second-order valence-corrected chi connectivity index (χ2v) is 4.70. The fourth-order valence-electron chi connectivity index (χ4n) is 2.34. The summed E-state index contributed by atoms with van der Waals surface area (Å²) in [6.07, 6.45) is 4.95. The Labute approximate surface area is 110 Å². The van der Waals surface area contributed by atoms with Crippen LogP contribution in [0.15, 0.2) is 24.3 Å². The number of hydrogen-bond donors (Lipinski definition) is 1. The molecule has 1 aromatic carbocycles. The maximum Gasteiger partial charge on any atom is 0.0367 e. The Morgan fingerprint density at radius 1 is 1.11 bits per heavy atom. The van der Waals surface area contributed by atoms with Gasteiger partial charge in [0.15, 0.2) is 0 Å². The Morgan fingerprint density at radius 3 is 2.50 bits per heavy atom. The number of rotatable bonds is 4. The predicted octanol–water partition coefficient (Wildman–Crippen LogP) is 3.50. The van der Waals surface area contributed by atoms with E-state index >= 15 is 0 Å². The minimum Gasteiger partial charge on any atom is -0.384 e. The van der Waals surface area contributed by atoms with Crippen LogP contribution in [0.4, 0.5) is 11.4 Å². The molecule has 1 heterocycles. The third kappa shape index (κ3) is 3.70. The molecule has 0 atom stereocenters. The van der Waals surface area contributed by atoms with E-state index in [9.17, 15) is 0 Å². The average Bonchev–Trinajstić information content (AvgIpc) is 2.45. The Morgan fingerprint density at radius 2 is 1.83 bits per heavy atom. The normalized spacial score (nSPS) is 14.8. The molecule has 1 aliphatic rings. The zero-order chi connectivity index (χ0) is 12.6. The second-order valence-electron chi connectivity index (χ2n) is 4.70. The Balaban J connectivity index is 1.85. The van der Waals surface area contributed by atoms with Crippen molar-refractivity contribution in [1.82, 2.24) is 0 Å². The molecule has 2 rings (SSSR count). The maximum atomic E-state index is 3.39. The third-order valence-electron chi connectivity index (χ3n) is 3.34. The van der Waals surface area contributed by atoms with Gasteiger partial charge in [-0.2, -0.15) is 0 Å². The number of benzene rings is 1. The minimum absolute atomic E-state index is 0.907. The lowest BCUT2D eigenvalue weighted by atomic mass is 10.1. The van der Waals surface area contributed by atoms with Crippen LogP contribution in [0.5, 0.6) is 0 Å². The van der Waals surface area contributed by atoms with E-state index in [2.05, 4.69) is 46.3 Å². The van der Waals surface area contributed by atoms with Crippen LogP contribution in [0.2, 0.25) is 0 Å². The van der Waals surface area contributed by atoms with Gasteiger partial charge >= 0.3 is 0 Å². The highest BCUT2D eigenvalue weighted by Gasteiger charge is 2.10. The van der Waals surface area contributed by atoms with Crippen LogP contribution in [-0.2, 0) is 0 Å². The molecule has 18 heavy (non-hydrogen) atoms. The van der Waals surface area contributed by atoms with E-state index < -0.39 is 0 Å². The van der Waals surface area contributed by atoms with Gasteiger partial charge in [-0.3, -0.25) is 0 Å². The summed E-state index contributed by atoms with van der Waals surface area (Å²) < 4.78 is 0. The van der Waals surface area contributed by atoms with Crippen molar-refractivity contribution in [3.8, 4) is 11.8 Å². The molecular weight excluding hydrogens is 220 g/mol. The average molecular weight is 242 g/mol. The van der Waals surface area contributed by atoms with Crippen LogP contribution in [0.25, 0.3) is 0 Å². The van der Waals surface area contributed by atoms with Gasteiger partial charge < -0.3 is 10.2 Å². The van der Waals surface area contributed by atoms with Crippen molar-refractivity contribution >= 4 is 11.4 Å². The van der Waals surface area contributed by atoms with Gasteiger partial charge in [-0.05, 0) is 50.5 Å². The highest BCUT2D eigenvalue weighted by Crippen LogP contribution is 2.21. The molecule has 0 saturated carbocycles. The number of hydrogen-bond acceptors (Lipinski definition) is 2. The van der Waals surface area contributed by atoms with E-state index in [4.69, 9.17) is 0 Å². The van der Waals surface area contributed by atoms with Gasteiger partial charge in [0.25, 0.3) is 0 Å². The number of nitrogens with one attached hydrogen (secondary N) is 1. The quantitative estimate of drug-likeness (QED) is 0.642. The fourth-order valence-corrected chi connectivity index (χ4v) is 2.34. The third-order valence-corrected chi connectivity index (χ3v) is 3.34. The summed E-state index contributed by atoms with van der Waals surface area (Å²) in [6.45, 7) is 5.22. The molecule has 0 amide bonds. The van der Waals surface area contributed by atoms with Gasteiger partial charge in [-0.25, -0.2) is 0 Å². The lowest BCUT2D eigenvalue weighted by molar-refractivity contribution is 0.578. The zero-order valence-electron chi connectivity index (χ0n) is 11.2. The highest BCUT2D eigenvalue weighted by molar-refractivity contribution is 5.55. The zero-order valence-corrected chi connectivity index (χ0v) is 11.2. The Bertz CT molecular complexity index is 405. The molecule has 0 aromatic heterocycles. The summed E-state index contributed by atoms with van der Waals surface area (Å²) in [6, 6.07) is 8.78. The summed E-state index contributed by atoms with van der Waals surface area (Å²) >= 11 is 0. The molecule has 1 N–H and O–H groups in total. The Kier molecular flexibility index (Phi) is 4.96. The predicted molar refractivity (Wildman–Crippen MR) is 79.1 cm³/mol. The topological polar surface area (TPSA) is 15.3 Å². The lowest BCUT2D eigenvalue weighted by Gasteiger charge is -2.28. The Hall–Kier alpha value is -1.62. The molecule has 1 saturated heterocycles. The molecule has 2 nitrogen and oxygen atoms in total. The van der Waals surface area contributed by atoms with Crippen LogP contribution in [0.1, 0.15) is 32.6 Å². The highest BCUT2D eigenvalue weighted by atomic mass is 15.1. The van der Waals surface area contributed by atoms with E-state index in [-0.39, 0.29) is 0 Å². The molecule has 1 aliphatic heterocycles. The van der Waals surface area contributed by atoms with Crippen LogP contribution in [-0.4, -0.2) is 19.6 Å². The first-order valence-corrected chi connectivity index (χ1v) is 6.88. The first-order chi connectivity index (χ1) is 8.90. The lowest BCUT2D eigenvalue weighted by Crippen LogP contribution is -2.29. The van der Waals surface area contributed by atoms with E-state index in [1.165, 1.54) is 43.7 Å². The fraction of sp³-hybridized carbons (Fsp3) is 0.500. The number of piperidine rings is 1. The minimum atomic E-state index is 0.907. The van der Waals surface area contributed by atoms with Crippen molar-refractivity contribution in [2.45, 2.75) is 32.6 Å². The standard InChI is InChI=1S/C16H22N2/c1-2-3-5-12-17-15-8-10-16(11-9-15)18-13-6-4-7-14-18/h8-11,17H,4-7,12-14H2,1H3. The summed E-state index contributed by atoms with van der Waals surface area (Å²) in [5.74, 6) is 5.97. The van der Waals surface area contributed by atoms with Gasteiger partial charge in [0.05, 0.1) is 0 Å².